The zero-order chi connectivity index (χ0) is 19.0. The maximum absolute atomic E-state index is 12.2. The largest absolute Gasteiger partial charge is 0.508 e. The van der Waals surface area contributed by atoms with E-state index in [1.165, 1.54) is 0 Å². The maximum atomic E-state index is 12.2. The highest BCUT2D eigenvalue weighted by molar-refractivity contribution is 5.77. The third kappa shape index (κ3) is 3.36. The molecule has 27 heavy (non-hydrogen) atoms. The summed E-state index contributed by atoms with van der Waals surface area (Å²) in [6, 6.07) is 10.9. The predicted molar refractivity (Wildman–Crippen MR) is 101 cm³/mol. The van der Waals surface area contributed by atoms with Crippen LogP contribution in [0.4, 0.5) is 5.82 Å². The van der Waals surface area contributed by atoms with Crippen LogP contribution in [0.15, 0.2) is 42.6 Å². The molecule has 2 aromatic rings. The molecule has 2 atom stereocenters. The van der Waals surface area contributed by atoms with Crippen LogP contribution in [0, 0.1) is 11.3 Å². The van der Waals surface area contributed by atoms with Gasteiger partial charge in [-0.3, -0.25) is 14.6 Å². The molecule has 3 heterocycles. The molecule has 0 amide bonds. The molecule has 2 aliphatic rings. The van der Waals surface area contributed by atoms with Crippen LogP contribution in [0.1, 0.15) is 11.1 Å². The van der Waals surface area contributed by atoms with Crippen LogP contribution in [0.25, 0.3) is 0 Å². The molecule has 7 nitrogen and oxygen atoms in total. The number of aliphatic carboxylic acids is 1. The van der Waals surface area contributed by atoms with E-state index in [9.17, 15) is 15.0 Å². The Morgan fingerprint density at radius 2 is 1.93 bits per heavy atom. The highest BCUT2D eigenvalue weighted by atomic mass is 16.4. The second-order valence-corrected chi connectivity index (χ2v) is 7.72. The molecule has 0 bridgehead atoms. The van der Waals surface area contributed by atoms with Gasteiger partial charge in [0.15, 0.2) is 0 Å². The fourth-order valence-electron chi connectivity index (χ4n) is 4.56. The molecule has 4 rings (SSSR count). The lowest BCUT2D eigenvalue weighted by molar-refractivity contribution is -0.149. The summed E-state index contributed by atoms with van der Waals surface area (Å²) in [5.41, 5.74) is 7.12. The quantitative estimate of drug-likeness (QED) is 0.733. The van der Waals surface area contributed by atoms with Gasteiger partial charge in [-0.05, 0) is 23.8 Å². The van der Waals surface area contributed by atoms with Crippen molar-refractivity contribution in [2.24, 2.45) is 11.3 Å². The average Bonchev–Trinajstić information content (AvgIpc) is 3.11. The fourth-order valence-corrected chi connectivity index (χ4v) is 4.56. The van der Waals surface area contributed by atoms with Crippen LogP contribution in [0.3, 0.4) is 0 Å². The number of pyridine rings is 1. The van der Waals surface area contributed by atoms with Gasteiger partial charge in [-0.2, -0.15) is 0 Å². The van der Waals surface area contributed by atoms with Crippen LogP contribution >= 0.6 is 0 Å². The van der Waals surface area contributed by atoms with Crippen molar-refractivity contribution >= 4 is 11.8 Å². The molecule has 0 unspecified atom stereocenters. The van der Waals surface area contributed by atoms with Gasteiger partial charge < -0.3 is 15.9 Å². The summed E-state index contributed by atoms with van der Waals surface area (Å²) in [4.78, 5) is 20.7. The summed E-state index contributed by atoms with van der Waals surface area (Å²) < 4.78 is 0. The Morgan fingerprint density at radius 1 is 1.19 bits per heavy atom. The van der Waals surface area contributed by atoms with Crippen molar-refractivity contribution in [3.05, 3.63) is 53.7 Å². The zero-order valence-corrected chi connectivity index (χ0v) is 15.1. The number of anilines is 1. The van der Waals surface area contributed by atoms with Crippen LogP contribution in [-0.2, 0) is 17.9 Å². The summed E-state index contributed by atoms with van der Waals surface area (Å²) in [5.74, 6) is 0.0855. The smallest absolute Gasteiger partial charge is 0.312 e. The number of carboxylic acids is 1. The SMILES string of the molecule is Nc1ncccc1CN1C[C@@H]2CN(Cc3cccc(O)c3)C[C@]2(C(=O)O)C1. The Kier molecular flexibility index (Phi) is 4.49. The number of carboxylic acid groups (broad SMARTS) is 1. The van der Waals surface area contributed by atoms with Crippen molar-refractivity contribution in [1.29, 1.82) is 0 Å². The molecule has 0 saturated carbocycles. The van der Waals surface area contributed by atoms with Gasteiger partial charge in [0, 0.05) is 56.9 Å². The van der Waals surface area contributed by atoms with Crippen molar-refractivity contribution in [2.45, 2.75) is 13.1 Å². The van der Waals surface area contributed by atoms with E-state index in [0.29, 0.717) is 32.0 Å². The average molecular weight is 368 g/mol. The van der Waals surface area contributed by atoms with Gasteiger partial charge in [-0.15, -0.1) is 0 Å². The number of nitrogens with zero attached hydrogens (tertiary/aromatic N) is 3. The topological polar surface area (TPSA) is 103 Å². The number of carbonyl (C=O) groups is 1. The standard InChI is InChI=1S/C20H24N4O3/c21-18-15(4-2-6-22-18)9-24-11-16-10-23(12-20(16,13-24)19(26)27)8-14-3-1-5-17(25)7-14/h1-7,16,25H,8-13H2,(H2,21,22)(H,26,27)/t16-,20-/m0/s1. The lowest BCUT2D eigenvalue weighted by Gasteiger charge is -2.25. The summed E-state index contributed by atoms with van der Waals surface area (Å²) >= 11 is 0. The molecule has 0 spiro atoms. The Bertz CT molecular complexity index is 859. The second kappa shape index (κ2) is 6.83. The highest BCUT2D eigenvalue weighted by Gasteiger charge is 2.57. The van der Waals surface area contributed by atoms with E-state index in [-0.39, 0.29) is 11.7 Å². The minimum Gasteiger partial charge on any atom is -0.508 e. The Hall–Kier alpha value is -2.64. The lowest BCUT2D eigenvalue weighted by Crippen LogP contribution is -2.40. The number of nitrogen functional groups attached to an aromatic ring is 1. The molecule has 7 heteroatoms. The highest BCUT2D eigenvalue weighted by Crippen LogP contribution is 2.43. The number of aromatic nitrogens is 1. The van der Waals surface area contributed by atoms with Crippen molar-refractivity contribution in [3.8, 4) is 5.75 Å². The van der Waals surface area contributed by atoms with Crippen LogP contribution < -0.4 is 5.73 Å². The number of aromatic hydroxyl groups is 1. The third-order valence-corrected chi connectivity index (χ3v) is 5.81. The van der Waals surface area contributed by atoms with E-state index in [4.69, 9.17) is 5.73 Å². The first-order valence-corrected chi connectivity index (χ1v) is 9.12. The van der Waals surface area contributed by atoms with Crippen LogP contribution in [0.5, 0.6) is 5.75 Å². The summed E-state index contributed by atoms with van der Waals surface area (Å²) in [6.45, 7) is 3.77. The number of benzene rings is 1. The number of rotatable bonds is 5. The van der Waals surface area contributed by atoms with Gasteiger partial charge in [-0.1, -0.05) is 18.2 Å². The van der Waals surface area contributed by atoms with Crippen molar-refractivity contribution in [2.75, 3.05) is 31.9 Å². The third-order valence-electron chi connectivity index (χ3n) is 5.81. The maximum Gasteiger partial charge on any atom is 0.312 e. The monoisotopic (exact) mass is 368 g/mol. The van der Waals surface area contributed by atoms with Crippen molar-refractivity contribution < 1.29 is 15.0 Å². The van der Waals surface area contributed by atoms with Gasteiger partial charge in [-0.25, -0.2) is 4.98 Å². The molecular formula is C20H24N4O3. The first-order valence-electron chi connectivity index (χ1n) is 9.12. The number of phenols is 1. The molecule has 0 radical (unpaired) electrons. The fraction of sp³-hybridized carbons (Fsp3) is 0.400. The first kappa shape index (κ1) is 17.8. The van der Waals surface area contributed by atoms with Crippen molar-refractivity contribution in [1.82, 2.24) is 14.8 Å². The molecule has 4 N–H and O–H groups in total. The minimum absolute atomic E-state index is 0.0743. The van der Waals surface area contributed by atoms with E-state index < -0.39 is 11.4 Å². The van der Waals surface area contributed by atoms with E-state index in [2.05, 4.69) is 14.8 Å². The van der Waals surface area contributed by atoms with Gasteiger partial charge >= 0.3 is 5.97 Å². The molecule has 1 aromatic carbocycles. The number of likely N-dealkylation sites (tertiary alicyclic amines) is 2. The second-order valence-electron chi connectivity index (χ2n) is 7.72. The molecule has 2 aliphatic heterocycles. The van der Waals surface area contributed by atoms with Crippen LogP contribution in [-0.4, -0.2) is 57.1 Å². The van der Waals surface area contributed by atoms with E-state index in [0.717, 1.165) is 24.2 Å². The number of hydrogen-bond acceptors (Lipinski definition) is 6. The molecule has 2 fully saturated rings. The van der Waals surface area contributed by atoms with Gasteiger partial charge in [0.25, 0.3) is 0 Å². The number of phenolic OH excluding ortho intramolecular Hbond substituents is 1. The van der Waals surface area contributed by atoms with E-state index in [1.54, 1.807) is 18.3 Å². The molecule has 0 aliphatic carbocycles. The van der Waals surface area contributed by atoms with Crippen molar-refractivity contribution in [3.63, 3.8) is 0 Å². The number of hydrogen-bond donors (Lipinski definition) is 3. The summed E-state index contributed by atoms with van der Waals surface area (Å²) in [6.07, 6.45) is 1.66. The summed E-state index contributed by atoms with van der Waals surface area (Å²) in [5, 5.41) is 19.7. The number of fused-ring (bicyclic) bond motifs is 1. The Balaban J connectivity index is 1.47. The Morgan fingerprint density at radius 3 is 2.56 bits per heavy atom. The zero-order valence-electron chi connectivity index (χ0n) is 15.1. The van der Waals surface area contributed by atoms with Gasteiger partial charge in [0.1, 0.15) is 11.6 Å². The molecule has 1 aromatic heterocycles. The molecule has 2 saturated heterocycles. The van der Waals surface area contributed by atoms with Gasteiger partial charge in [0.2, 0.25) is 0 Å². The van der Waals surface area contributed by atoms with Crippen LogP contribution in [0.2, 0.25) is 0 Å². The lowest BCUT2D eigenvalue weighted by atomic mass is 9.81. The van der Waals surface area contributed by atoms with Gasteiger partial charge in [0.05, 0.1) is 5.41 Å². The summed E-state index contributed by atoms with van der Waals surface area (Å²) in [7, 11) is 0. The molecule has 142 valence electrons. The first-order chi connectivity index (χ1) is 13.0. The molecular weight excluding hydrogens is 344 g/mol. The minimum atomic E-state index is -0.756. The normalized spacial score (nSPS) is 25.6. The Labute approximate surface area is 158 Å². The predicted octanol–water partition coefficient (Wildman–Crippen LogP) is 1.39. The van der Waals surface area contributed by atoms with E-state index >= 15 is 0 Å². The number of nitrogens with two attached hydrogens (primary N) is 1. The van der Waals surface area contributed by atoms with E-state index in [1.807, 2.05) is 24.3 Å².